The van der Waals surface area contributed by atoms with E-state index in [4.69, 9.17) is 37.2 Å². The van der Waals surface area contributed by atoms with E-state index in [-0.39, 0.29) is 6.61 Å². The van der Waals surface area contributed by atoms with Gasteiger partial charge >= 0.3 is 0 Å². The topological polar surface area (TPSA) is 74.5 Å². The number of carbonyl (C=O) groups is 1. The third-order valence-electron chi connectivity index (χ3n) is 6.35. The van der Waals surface area contributed by atoms with E-state index < -0.39 is 0 Å². The van der Waals surface area contributed by atoms with Crippen molar-refractivity contribution in [2.45, 2.75) is 38.2 Å². The van der Waals surface area contributed by atoms with Gasteiger partial charge in [-0.15, -0.1) is 0 Å². The van der Waals surface area contributed by atoms with Gasteiger partial charge in [-0.2, -0.15) is 0 Å². The van der Waals surface area contributed by atoms with Crippen molar-refractivity contribution in [1.29, 1.82) is 0 Å². The lowest BCUT2D eigenvalue weighted by molar-refractivity contribution is 0.112. The van der Waals surface area contributed by atoms with Gasteiger partial charge in [-0.1, -0.05) is 46.6 Å². The molecule has 1 fully saturated rings. The standard InChI is InChI=1S/C27H20Cl2N2O4/c28-21-2-1-3-22(29)24(21)25-20(26(35-31-25)17-7-8-17)14-33-19-11-18-9-6-16-5-4-15(13-32)10-23(16)34-27(18)30-12-19/h1-5,10-13,17H,6-9,14H2. The number of fused-ring (bicyclic) bond motifs is 2. The van der Waals surface area contributed by atoms with E-state index in [1.54, 1.807) is 36.5 Å². The molecular formula is C27H20Cl2N2O4. The molecule has 1 saturated carbocycles. The van der Waals surface area contributed by atoms with Gasteiger partial charge in [-0.25, -0.2) is 4.98 Å². The van der Waals surface area contributed by atoms with Crippen molar-refractivity contribution in [2.24, 2.45) is 0 Å². The first kappa shape index (κ1) is 22.1. The van der Waals surface area contributed by atoms with Crippen LogP contribution in [0.2, 0.25) is 10.0 Å². The zero-order chi connectivity index (χ0) is 23.9. The molecule has 35 heavy (non-hydrogen) atoms. The van der Waals surface area contributed by atoms with E-state index in [9.17, 15) is 4.79 Å². The fourth-order valence-electron chi connectivity index (χ4n) is 4.35. The Morgan fingerprint density at radius 1 is 1.06 bits per heavy atom. The highest BCUT2D eigenvalue weighted by Crippen LogP contribution is 2.46. The Hall–Kier alpha value is -3.35. The van der Waals surface area contributed by atoms with Gasteiger partial charge in [0.05, 0.1) is 21.8 Å². The third-order valence-corrected chi connectivity index (χ3v) is 6.98. The average Bonchev–Trinajstić information content (AvgIpc) is 3.65. The number of hydrogen-bond donors (Lipinski definition) is 0. The number of aryl methyl sites for hydroxylation is 2. The van der Waals surface area contributed by atoms with Crippen LogP contribution in [0.4, 0.5) is 0 Å². The van der Waals surface area contributed by atoms with Crippen LogP contribution in [-0.2, 0) is 19.4 Å². The van der Waals surface area contributed by atoms with Crippen LogP contribution >= 0.6 is 23.2 Å². The summed E-state index contributed by atoms with van der Waals surface area (Å²) in [4.78, 5) is 15.6. The molecule has 6 rings (SSSR count). The largest absolute Gasteiger partial charge is 0.487 e. The first-order valence-electron chi connectivity index (χ1n) is 11.4. The van der Waals surface area contributed by atoms with Crippen LogP contribution in [0.5, 0.6) is 17.4 Å². The van der Waals surface area contributed by atoms with Crippen LogP contribution in [0.1, 0.15) is 51.6 Å². The number of ether oxygens (including phenoxy) is 2. The number of pyridine rings is 1. The average molecular weight is 507 g/mol. The lowest BCUT2D eigenvalue weighted by Crippen LogP contribution is -2.01. The van der Waals surface area contributed by atoms with Crippen LogP contribution < -0.4 is 9.47 Å². The fraction of sp³-hybridized carbons (Fsp3) is 0.222. The van der Waals surface area contributed by atoms with Gasteiger partial charge < -0.3 is 14.0 Å². The molecule has 0 atom stereocenters. The van der Waals surface area contributed by atoms with Crippen LogP contribution in [-0.4, -0.2) is 16.4 Å². The second kappa shape index (κ2) is 9.02. The molecule has 0 spiro atoms. The van der Waals surface area contributed by atoms with E-state index >= 15 is 0 Å². The number of aldehydes is 1. The summed E-state index contributed by atoms with van der Waals surface area (Å²) in [6.07, 6.45) is 6.08. The summed E-state index contributed by atoms with van der Waals surface area (Å²) in [5, 5.41) is 5.34. The van der Waals surface area contributed by atoms with Crippen molar-refractivity contribution in [3.8, 4) is 28.6 Å². The Morgan fingerprint density at radius 2 is 1.86 bits per heavy atom. The molecule has 1 aliphatic carbocycles. The summed E-state index contributed by atoms with van der Waals surface area (Å²) in [6, 6.07) is 12.8. The maximum Gasteiger partial charge on any atom is 0.222 e. The minimum absolute atomic E-state index is 0.246. The van der Waals surface area contributed by atoms with E-state index in [0.29, 0.717) is 50.2 Å². The van der Waals surface area contributed by atoms with Crippen LogP contribution in [0.3, 0.4) is 0 Å². The van der Waals surface area contributed by atoms with Crippen molar-refractivity contribution >= 4 is 29.5 Å². The van der Waals surface area contributed by atoms with Crippen molar-refractivity contribution in [1.82, 2.24) is 10.1 Å². The molecule has 176 valence electrons. The third kappa shape index (κ3) is 4.28. The first-order valence-corrected chi connectivity index (χ1v) is 12.2. The zero-order valence-corrected chi connectivity index (χ0v) is 20.1. The Bertz CT molecular complexity index is 1430. The van der Waals surface area contributed by atoms with Gasteiger partial charge in [0.15, 0.2) is 0 Å². The maximum atomic E-state index is 11.1. The number of hydrogen-bond acceptors (Lipinski definition) is 6. The predicted octanol–water partition coefficient (Wildman–Crippen LogP) is 7.20. The SMILES string of the molecule is O=Cc1ccc2c(c1)Oc1ncc(OCc3c(-c4c(Cl)cccc4Cl)noc3C3CC3)cc1CC2. The van der Waals surface area contributed by atoms with Crippen molar-refractivity contribution in [3.63, 3.8) is 0 Å². The summed E-state index contributed by atoms with van der Waals surface area (Å²) in [5.41, 5.74) is 4.65. The summed E-state index contributed by atoms with van der Waals surface area (Å²) in [5.74, 6) is 2.96. The van der Waals surface area contributed by atoms with Gasteiger partial charge in [-0.05, 0) is 55.5 Å². The monoisotopic (exact) mass is 506 g/mol. The molecule has 1 aliphatic heterocycles. The maximum absolute atomic E-state index is 11.1. The van der Waals surface area contributed by atoms with Gasteiger partial charge in [-0.3, -0.25) is 4.79 Å². The molecule has 0 amide bonds. The fourth-order valence-corrected chi connectivity index (χ4v) is 4.93. The number of nitrogens with zero attached hydrogens (tertiary/aromatic N) is 2. The molecular weight excluding hydrogens is 487 g/mol. The van der Waals surface area contributed by atoms with E-state index in [1.165, 1.54) is 0 Å². The van der Waals surface area contributed by atoms with E-state index in [2.05, 4.69) is 10.1 Å². The molecule has 2 aromatic carbocycles. The lowest BCUT2D eigenvalue weighted by atomic mass is 10.0. The number of aromatic nitrogens is 2. The highest BCUT2D eigenvalue weighted by Gasteiger charge is 2.33. The van der Waals surface area contributed by atoms with Gasteiger partial charge in [0.25, 0.3) is 0 Å². The van der Waals surface area contributed by atoms with Crippen molar-refractivity contribution in [3.05, 3.63) is 86.7 Å². The molecule has 3 heterocycles. The highest BCUT2D eigenvalue weighted by atomic mass is 35.5. The number of carbonyl (C=O) groups excluding carboxylic acids is 1. The number of rotatable bonds is 6. The van der Waals surface area contributed by atoms with Gasteiger partial charge in [0, 0.05) is 22.6 Å². The molecule has 2 aromatic heterocycles. The highest BCUT2D eigenvalue weighted by molar-refractivity contribution is 6.39. The predicted molar refractivity (Wildman–Crippen MR) is 132 cm³/mol. The minimum atomic E-state index is 0.246. The summed E-state index contributed by atoms with van der Waals surface area (Å²) < 4.78 is 17.9. The minimum Gasteiger partial charge on any atom is -0.487 e. The van der Waals surface area contributed by atoms with Gasteiger partial charge in [0.1, 0.15) is 35.8 Å². The molecule has 0 N–H and O–H groups in total. The molecule has 0 radical (unpaired) electrons. The summed E-state index contributed by atoms with van der Waals surface area (Å²) >= 11 is 12.9. The molecule has 8 heteroatoms. The zero-order valence-electron chi connectivity index (χ0n) is 18.6. The normalized spacial score (nSPS) is 14.5. The molecule has 2 aliphatic rings. The smallest absolute Gasteiger partial charge is 0.222 e. The Kier molecular flexibility index (Phi) is 5.71. The Balaban J connectivity index is 1.27. The Labute approximate surface area is 211 Å². The van der Waals surface area contributed by atoms with Crippen LogP contribution in [0.15, 0.2) is 53.2 Å². The van der Waals surface area contributed by atoms with E-state index in [0.717, 1.165) is 54.4 Å². The van der Waals surface area contributed by atoms with Crippen LogP contribution in [0.25, 0.3) is 11.3 Å². The second-order valence-corrected chi connectivity index (χ2v) is 9.57. The van der Waals surface area contributed by atoms with Crippen molar-refractivity contribution in [2.75, 3.05) is 0 Å². The number of halogens is 2. The Morgan fingerprint density at radius 3 is 2.63 bits per heavy atom. The second-order valence-electron chi connectivity index (χ2n) is 8.76. The molecule has 0 saturated heterocycles. The summed E-state index contributed by atoms with van der Waals surface area (Å²) in [7, 11) is 0. The van der Waals surface area contributed by atoms with E-state index in [1.807, 2.05) is 12.1 Å². The summed E-state index contributed by atoms with van der Waals surface area (Å²) in [6.45, 7) is 0.246. The van der Waals surface area contributed by atoms with Crippen LogP contribution in [0, 0.1) is 0 Å². The number of benzene rings is 2. The molecule has 4 aromatic rings. The molecule has 0 bridgehead atoms. The quantitative estimate of drug-likeness (QED) is 0.257. The molecule has 6 nitrogen and oxygen atoms in total. The first-order chi connectivity index (χ1) is 17.1. The lowest BCUT2D eigenvalue weighted by Gasteiger charge is -2.12. The molecule has 0 unspecified atom stereocenters. The van der Waals surface area contributed by atoms with Crippen molar-refractivity contribution < 1.29 is 18.8 Å². The van der Waals surface area contributed by atoms with Gasteiger partial charge in [0.2, 0.25) is 5.88 Å².